The van der Waals surface area contributed by atoms with E-state index in [1.807, 2.05) is 30.3 Å². The van der Waals surface area contributed by atoms with Gasteiger partial charge in [0.2, 0.25) is 24.4 Å². The molecule has 1 saturated heterocycles. The lowest BCUT2D eigenvalue weighted by molar-refractivity contribution is -0.117. The van der Waals surface area contributed by atoms with Gasteiger partial charge in [0.25, 0.3) is 0 Å². The zero-order valence-electron chi connectivity index (χ0n) is 14.1. The largest absolute Gasteiger partial charge is 0.454 e. The maximum atomic E-state index is 12.5. The van der Waals surface area contributed by atoms with E-state index in [2.05, 4.69) is 10.1 Å². The average Bonchev–Trinajstić information content (AvgIpc) is 3.40. The Morgan fingerprint density at radius 1 is 1.11 bits per heavy atom. The van der Waals surface area contributed by atoms with Crippen LogP contribution in [0.1, 0.15) is 18.2 Å². The second-order valence-corrected chi connectivity index (χ2v) is 6.85. The highest BCUT2D eigenvalue weighted by molar-refractivity contribution is 6.30. The zero-order chi connectivity index (χ0) is 18.4. The maximum Gasteiger partial charge on any atom is 0.232 e. The van der Waals surface area contributed by atoms with E-state index < -0.39 is 0 Å². The number of aromatic nitrogens is 2. The van der Waals surface area contributed by atoms with E-state index in [0.717, 1.165) is 11.3 Å². The zero-order valence-corrected chi connectivity index (χ0v) is 14.8. The van der Waals surface area contributed by atoms with Crippen LogP contribution in [0.15, 0.2) is 47.0 Å². The van der Waals surface area contributed by atoms with Gasteiger partial charge in [0.15, 0.2) is 11.5 Å². The van der Waals surface area contributed by atoms with Gasteiger partial charge in [-0.25, -0.2) is 0 Å². The number of fused-ring (bicyclic) bond motifs is 1. The van der Waals surface area contributed by atoms with Crippen molar-refractivity contribution >= 4 is 23.2 Å². The van der Waals surface area contributed by atoms with Crippen molar-refractivity contribution < 1.29 is 18.8 Å². The summed E-state index contributed by atoms with van der Waals surface area (Å²) in [5, 5.41) is 4.63. The molecule has 0 saturated carbocycles. The minimum Gasteiger partial charge on any atom is -0.454 e. The number of amides is 1. The Kier molecular flexibility index (Phi) is 3.75. The minimum atomic E-state index is -0.164. The van der Waals surface area contributed by atoms with Crippen LogP contribution in [0, 0.1) is 0 Å². The third kappa shape index (κ3) is 2.90. The van der Waals surface area contributed by atoms with E-state index in [1.165, 1.54) is 0 Å². The third-order valence-corrected chi connectivity index (χ3v) is 4.90. The molecule has 8 heteroatoms. The molecule has 2 aliphatic rings. The molecule has 3 aromatic rings. The number of nitrogens with zero attached hydrogens (tertiary/aromatic N) is 3. The molecule has 5 rings (SSSR count). The number of benzene rings is 2. The molecule has 0 spiro atoms. The molecule has 1 fully saturated rings. The van der Waals surface area contributed by atoms with Gasteiger partial charge in [0.05, 0.1) is 5.92 Å². The molecule has 1 atom stereocenters. The van der Waals surface area contributed by atoms with Crippen LogP contribution in [0.2, 0.25) is 5.02 Å². The predicted molar refractivity (Wildman–Crippen MR) is 97.0 cm³/mol. The molecule has 7 nitrogen and oxygen atoms in total. The number of rotatable bonds is 3. The number of ether oxygens (including phenoxy) is 2. The van der Waals surface area contributed by atoms with Crippen molar-refractivity contribution in [3.63, 3.8) is 0 Å². The fraction of sp³-hybridized carbons (Fsp3) is 0.211. The van der Waals surface area contributed by atoms with Crippen LogP contribution < -0.4 is 14.4 Å². The van der Waals surface area contributed by atoms with E-state index in [-0.39, 0.29) is 18.6 Å². The van der Waals surface area contributed by atoms with Gasteiger partial charge in [0, 0.05) is 35.3 Å². The van der Waals surface area contributed by atoms with Gasteiger partial charge in [-0.1, -0.05) is 28.9 Å². The molecule has 0 N–H and O–H groups in total. The molecule has 3 heterocycles. The molecule has 136 valence electrons. The Balaban J connectivity index is 1.38. The summed E-state index contributed by atoms with van der Waals surface area (Å²) in [6.07, 6.45) is 0.311. The molecule has 0 aliphatic carbocycles. The topological polar surface area (TPSA) is 77.7 Å². The summed E-state index contributed by atoms with van der Waals surface area (Å²) in [4.78, 5) is 18.7. The van der Waals surface area contributed by atoms with Crippen molar-refractivity contribution in [1.82, 2.24) is 10.1 Å². The van der Waals surface area contributed by atoms with Crippen molar-refractivity contribution in [2.75, 3.05) is 18.2 Å². The SMILES string of the molecule is O=C1C[C@H](c2nc(-c3cccc(Cl)c3)no2)CN1c1ccc2c(c1)OCO2. The van der Waals surface area contributed by atoms with Crippen LogP contribution in [-0.2, 0) is 4.79 Å². The molecule has 2 aliphatic heterocycles. The number of hydrogen-bond donors (Lipinski definition) is 0. The molecule has 1 amide bonds. The van der Waals surface area contributed by atoms with E-state index >= 15 is 0 Å². The van der Waals surface area contributed by atoms with Gasteiger partial charge >= 0.3 is 0 Å². The summed E-state index contributed by atoms with van der Waals surface area (Å²) in [5.74, 6) is 2.07. The predicted octanol–water partition coefficient (Wildman–Crippen LogP) is 3.64. The van der Waals surface area contributed by atoms with Gasteiger partial charge in [-0.05, 0) is 24.3 Å². The molecule has 0 radical (unpaired) electrons. The fourth-order valence-corrected chi connectivity index (χ4v) is 3.51. The monoisotopic (exact) mass is 383 g/mol. The summed E-state index contributed by atoms with van der Waals surface area (Å²) < 4.78 is 16.1. The average molecular weight is 384 g/mol. The number of hydrogen-bond acceptors (Lipinski definition) is 6. The summed E-state index contributed by atoms with van der Waals surface area (Å²) in [6.45, 7) is 0.666. The van der Waals surface area contributed by atoms with Gasteiger partial charge in [0.1, 0.15) is 0 Å². The van der Waals surface area contributed by atoms with Crippen LogP contribution in [-0.4, -0.2) is 29.4 Å². The van der Waals surface area contributed by atoms with Crippen LogP contribution >= 0.6 is 11.6 Å². The Hall–Kier alpha value is -3.06. The number of carbonyl (C=O) groups is 1. The van der Waals surface area contributed by atoms with Gasteiger partial charge in [-0.3, -0.25) is 4.79 Å². The standard InChI is InChI=1S/C19H14ClN3O4/c20-13-3-1-2-11(6-13)18-21-19(27-22-18)12-7-17(24)23(9-12)14-4-5-15-16(8-14)26-10-25-15/h1-6,8,12H,7,9-10H2/t12-/m0/s1. The Bertz CT molecular complexity index is 1040. The van der Waals surface area contributed by atoms with Gasteiger partial charge in [-0.2, -0.15) is 4.98 Å². The molecular formula is C19H14ClN3O4. The lowest BCUT2D eigenvalue weighted by Gasteiger charge is -2.16. The van der Waals surface area contributed by atoms with E-state index in [0.29, 0.717) is 41.2 Å². The molecule has 1 aromatic heterocycles. The Labute approximate surface area is 159 Å². The lowest BCUT2D eigenvalue weighted by Crippen LogP contribution is -2.24. The summed E-state index contributed by atoms with van der Waals surface area (Å²) in [6, 6.07) is 12.7. The highest BCUT2D eigenvalue weighted by atomic mass is 35.5. The quantitative estimate of drug-likeness (QED) is 0.687. The second kappa shape index (κ2) is 6.28. The smallest absolute Gasteiger partial charge is 0.232 e. The first-order valence-corrected chi connectivity index (χ1v) is 8.85. The van der Waals surface area contributed by atoms with E-state index in [1.54, 1.807) is 17.0 Å². The highest BCUT2D eigenvalue weighted by Gasteiger charge is 2.35. The molecule has 0 unspecified atom stereocenters. The molecule has 2 aromatic carbocycles. The van der Waals surface area contributed by atoms with Gasteiger partial charge in [-0.15, -0.1) is 0 Å². The van der Waals surface area contributed by atoms with Crippen LogP contribution in [0.3, 0.4) is 0 Å². The van der Waals surface area contributed by atoms with E-state index in [4.69, 9.17) is 25.6 Å². The van der Waals surface area contributed by atoms with Gasteiger partial charge < -0.3 is 18.9 Å². The van der Waals surface area contributed by atoms with E-state index in [9.17, 15) is 4.79 Å². The first kappa shape index (κ1) is 16.1. The molecule has 27 heavy (non-hydrogen) atoms. The molecular weight excluding hydrogens is 370 g/mol. The summed E-state index contributed by atoms with van der Waals surface area (Å²) >= 11 is 6.02. The Morgan fingerprint density at radius 3 is 2.89 bits per heavy atom. The fourth-order valence-electron chi connectivity index (χ4n) is 3.32. The van der Waals surface area contributed by atoms with Crippen molar-refractivity contribution in [3.05, 3.63) is 53.4 Å². The van der Waals surface area contributed by atoms with Crippen molar-refractivity contribution in [3.8, 4) is 22.9 Å². The first-order chi connectivity index (χ1) is 13.2. The number of anilines is 1. The summed E-state index contributed by atoms with van der Waals surface area (Å²) in [7, 11) is 0. The van der Waals surface area contributed by atoms with Crippen molar-refractivity contribution in [1.29, 1.82) is 0 Å². The van der Waals surface area contributed by atoms with Crippen molar-refractivity contribution in [2.45, 2.75) is 12.3 Å². The van der Waals surface area contributed by atoms with Crippen molar-refractivity contribution in [2.24, 2.45) is 0 Å². The molecule has 0 bridgehead atoms. The third-order valence-electron chi connectivity index (χ3n) is 4.67. The Morgan fingerprint density at radius 2 is 2.00 bits per heavy atom. The van der Waals surface area contributed by atoms with Crippen LogP contribution in [0.25, 0.3) is 11.4 Å². The summed E-state index contributed by atoms with van der Waals surface area (Å²) in [5.41, 5.74) is 1.54. The first-order valence-electron chi connectivity index (χ1n) is 8.47. The van der Waals surface area contributed by atoms with Crippen LogP contribution in [0.4, 0.5) is 5.69 Å². The minimum absolute atomic E-state index is 0.00127. The normalized spacial score (nSPS) is 18.3. The number of carbonyl (C=O) groups excluding carboxylic acids is 1. The highest BCUT2D eigenvalue weighted by Crippen LogP contribution is 2.38. The number of halogens is 1. The van der Waals surface area contributed by atoms with Crippen LogP contribution in [0.5, 0.6) is 11.5 Å². The second-order valence-electron chi connectivity index (χ2n) is 6.41. The maximum absolute atomic E-state index is 12.5. The lowest BCUT2D eigenvalue weighted by atomic mass is 10.1.